The van der Waals surface area contributed by atoms with Gasteiger partial charge in [-0.15, -0.1) is 0 Å². The van der Waals surface area contributed by atoms with Crippen molar-refractivity contribution in [2.45, 2.75) is 31.2 Å². The fourth-order valence-electron chi connectivity index (χ4n) is 3.89. The van der Waals surface area contributed by atoms with Crippen LogP contribution in [-0.2, 0) is 35.5 Å². The highest BCUT2D eigenvalue weighted by molar-refractivity contribution is 7.89. The number of hydrogen-bond acceptors (Lipinski definition) is 7. The van der Waals surface area contributed by atoms with Gasteiger partial charge in [0.15, 0.2) is 5.69 Å². The Kier molecular flexibility index (Phi) is 6.57. The number of piperidine rings is 1. The second-order valence-corrected chi connectivity index (χ2v) is 10.1. The number of nitrogens with zero attached hydrogens (tertiary/aromatic N) is 5. The van der Waals surface area contributed by atoms with Crippen molar-refractivity contribution in [2.75, 3.05) is 18.4 Å². The molecule has 13 heteroatoms. The third-order valence-electron chi connectivity index (χ3n) is 5.87. The average molecular weight is 490 g/mol. The maximum absolute atomic E-state index is 13.1. The molecule has 3 aromatic rings. The molecule has 3 aromatic heterocycles. The fraction of sp³-hybridized carbons (Fsp3) is 0.429. The molecule has 0 radical (unpaired) electrons. The first kappa shape index (κ1) is 23.7. The van der Waals surface area contributed by atoms with Gasteiger partial charge in [-0.05, 0) is 31.9 Å². The number of rotatable bonds is 7. The third kappa shape index (κ3) is 4.75. The molecule has 2 N–H and O–H groups in total. The first-order chi connectivity index (χ1) is 16.2. The summed E-state index contributed by atoms with van der Waals surface area (Å²) in [6.45, 7) is 2.24. The Morgan fingerprint density at radius 1 is 1.29 bits per heavy atom. The molecule has 1 aliphatic rings. The molecule has 2 amide bonds. The molecular weight excluding hydrogens is 462 g/mol. The minimum Gasteiger partial charge on any atom is -0.467 e. The minimum atomic E-state index is -3.78. The SMILES string of the molecule is Cc1c(S(=O)(=O)N2CCC[C@@H](C(=O)Nc3cn(C)nc3C(=O)NCc3ccco3)C2)cnn1C. The topological polar surface area (TPSA) is 144 Å². The Balaban J connectivity index is 1.45. The number of carbonyl (C=O) groups is 2. The largest absolute Gasteiger partial charge is 0.467 e. The Labute approximate surface area is 197 Å². The highest BCUT2D eigenvalue weighted by Crippen LogP contribution is 2.26. The third-order valence-corrected chi connectivity index (χ3v) is 7.84. The zero-order valence-corrected chi connectivity index (χ0v) is 20.0. The van der Waals surface area contributed by atoms with E-state index in [1.165, 1.54) is 32.3 Å². The molecule has 0 aliphatic carbocycles. The number of aromatic nitrogens is 4. The average Bonchev–Trinajstić information content (AvgIpc) is 3.54. The molecule has 1 fully saturated rings. The van der Waals surface area contributed by atoms with Crippen molar-refractivity contribution in [1.29, 1.82) is 0 Å². The summed E-state index contributed by atoms with van der Waals surface area (Å²) in [4.78, 5) is 25.8. The molecular formula is C21H27N7O5S. The number of hydrogen-bond donors (Lipinski definition) is 2. The van der Waals surface area contributed by atoms with E-state index in [0.717, 1.165) is 0 Å². The van der Waals surface area contributed by atoms with E-state index in [2.05, 4.69) is 20.8 Å². The number of carbonyl (C=O) groups excluding carboxylic acids is 2. The van der Waals surface area contributed by atoms with E-state index >= 15 is 0 Å². The molecule has 0 saturated carbocycles. The normalized spacial score (nSPS) is 17.0. The van der Waals surface area contributed by atoms with Crippen molar-refractivity contribution >= 4 is 27.5 Å². The fourth-order valence-corrected chi connectivity index (χ4v) is 5.60. The lowest BCUT2D eigenvalue weighted by atomic mass is 9.99. The molecule has 0 unspecified atom stereocenters. The number of furan rings is 1. The summed E-state index contributed by atoms with van der Waals surface area (Å²) in [5, 5.41) is 13.6. The molecule has 0 spiro atoms. The van der Waals surface area contributed by atoms with E-state index in [0.29, 0.717) is 30.8 Å². The minimum absolute atomic E-state index is 0.0444. The van der Waals surface area contributed by atoms with Gasteiger partial charge in [-0.3, -0.25) is 19.0 Å². The van der Waals surface area contributed by atoms with Gasteiger partial charge in [-0.25, -0.2) is 8.42 Å². The summed E-state index contributed by atoms with van der Waals surface area (Å²) < 4.78 is 35.7. The van der Waals surface area contributed by atoms with Gasteiger partial charge in [0.05, 0.1) is 36.3 Å². The molecule has 0 bridgehead atoms. The number of anilines is 1. The molecule has 1 aliphatic heterocycles. The van der Waals surface area contributed by atoms with E-state index in [1.54, 1.807) is 33.2 Å². The molecule has 1 saturated heterocycles. The van der Waals surface area contributed by atoms with Crippen LogP contribution in [0.3, 0.4) is 0 Å². The van der Waals surface area contributed by atoms with Crippen LogP contribution in [0.4, 0.5) is 5.69 Å². The van der Waals surface area contributed by atoms with Crippen molar-refractivity contribution in [3.8, 4) is 0 Å². The zero-order chi connectivity index (χ0) is 24.5. The summed E-state index contributed by atoms with van der Waals surface area (Å²) in [7, 11) is -0.456. The lowest BCUT2D eigenvalue weighted by molar-refractivity contribution is -0.120. The van der Waals surface area contributed by atoms with Crippen molar-refractivity contribution < 1.29 is 22.4 Å². The lowest BCUT2D eigenvalue weighted by Gasteiger charge is -2.31. The second-order valence-electron chi connectivity index (χ2n) is 8.24. The van der Waals surface area contributed by atoms with Crippen LogP contribution in [0, 0.1) is 12.8 Å². The first-order valence-electron chi connectivity index (χ1n) is 10.8. The van der Waals surface area contributed by atoms with E-state index < -0.39 is 21.8 Å². The van der Waals surface area contributed by atoms with Gasteiger partial charge in [0.1, 0.15) is 10.7 Å². The smallest absolute Gasteiger partial charge is 0.274 e. The van der Waals surface area contributed by atoms with Crippen molar-refractivity contribution in [1.82, 2.24) is 29.2 Å². The molecule has 4 heterocycles. The van der Waals surface area contributed by atoms with Crippen molar-refractivity contribution in [2.24, 2.45) is 20.0 Å². The summed E-state index contributed by atoms with van der Waals surface area (Å²) in [6, 6.07) is 3.45. The van der Waals surface area contributed by atoms with Crippen LogP contribution < -0.4 is 10.6 Å². The Bertz CT molecular complexity index is 1290. The number of aryl methyl sites for hydroxylation is 2. The summed E-state index contributed by atoms with van der Waals surface area (Å²) >= 11 is 0. The van der Waals surface area contributed by atoms with Gasteiger partial charge in [0.2, 0.25) is 15.9 Å². The monoisotopic (exact) mass is 489 g/mol. The van der Waals surface area contributed by atoms with Gasteiger partial charge < -0.3 is 15.1 Å². The molecule has 12 nitrogen and oxygen atoms in total. The number of amides is 2. The number of nitrogens with one attached hydrogen (secondary N) is 2. The summed E-state index contributed by atoms with van der Waals surface area (Å²) in [6.07, 6.45) is 5.45. The van der Waals surface area contributed by atoms with Crippen molar-refractivity contribution in [3.05, 3.63) is 47.9 Å². The number of sulfonamides is 1. The highest BCUT2D eigenvalue weighted by Gasteiger charge is 2.35. The van der Waals surface area contributed by atoms with Crippen LogP contribution in [0.1, 0.15) is 34.8 Å². The van der Waals surface area contributed by atoms with Crippen LogP contribution >= 0.6 is 0 Å². The first-order valence-corrected chi connectivity index (χ1v) is 12.2. The van der Waals surface area contributed by atoms with Crippen LogP contribution in [0.5, 0.6) is 0 Å². The molecule has 182 valence electrons. The summed E-state index contributed by atoms with van der Waals surface area (Å²) in [5.74, 6) is -0.815. The Hall–Kier alpha value is -3.45. The van der Waals surface area contributed by atoms with Gasteiger partial charge in [0.25, 0.3) is 5.91 Å². The van der Waals surface area contributed by atoms with E-state index in [-0.39, 0.29) is 35.3 Å². The van der Waals surface area contributed by atoms with Crippen molar-refractivity contribution in [3.63, 3.8) is 0 Å². The summed E-state index contributed by atoms with van der Waals surface area (Å²) in [5.41, 5.74) is 0.855. The maximum Gasteiger partial charge on any atom is 0.274 e. The lowest BCUT2D eigenvalue weighted by Crippen LogP contribution is -2.43. The van der Waals surface area contributed by atoms with Crippen LogP contribution in [0.25, 0.3) is 0 Å². The highest BCUT2D eigenvalue weighted by atomic mass is 32.2. The van der Waals surface area contributed by atoms with Gasteiger partial charge in [-0.1, -0.05) is 0 Å². The molecule has 1 atom stereocenters. The van der Waals surface area contributed by atoms with E-state index in [1.807, 2.05) is 0 Å². The Morgan fingerprint density at radius 3 is 2.76 bits per heavy atom. The quantitative estimate of drug-likeness (QED) is 0.504. The molecule has 34 heavy (non-hydrogen) atoms. The molecule has 4 rings (SSSR count). The van der Waals surface area contributed by atoms with Gasteiger partial charge in [0, 0.05) is 33.4 Å². The predicted octanol–water partition coefficient (Wildman–Crippen LogP) is 1.02. The van der Waals surface area contributed by atoms with Gasteiger partial charge >= 0.3 is 0 Å². The molecule has 0 aromatic carbocycles. The van der Waals surface area contributed by atoms with E-state index in [4.69, 9.17) is 4.42 Å². The Morgan fingerprint density at radius 2 is 2.09 bits per heavy atom. The van der Waals surface area contributed by atoms with Crippen LogP contribution in [-0.4, -0.2) is 57.2 Å². The second kappa shape index (κ2) is 9.43. The zero-order valence-electron chi connectivity index (χ0n) is 19.2. The standard InChI is InChI=1S/C21H27N7O5S/c1-14-18(11-23-27(14)3)34(31,32)28-8-4-6-15(12-28)20(29)24-17-13-26(2)25-19(17)21(30)22-10-16-7-5-9-33-16/h5,7,9,11,13,15H,4,6,8,10,12H2,1-3H3,(H,22,30)(H,24,29)/t15-/m1/s1. The van der Waals surface area contributed by atoms with Crippen LogP contribution in [0.15, 0.2) is 40.1 Å². The van der Waals surface area contributed by atoms with Gasteiger partial charge in [-0.2, -0.15) is 14.5 Å². The maximum atomic E-state index is 13.1. The van der Waals surface area contributed by atoms with Crippen LogP contribution in [0.2, 0.25) is 0 Å². The van der Waals surface area contributed by atoms with E-state index in [9.17, 15) is 18.0 Å². The predicted molar refractivity (Wildman–Crippen MR) is 121 cm³/mol.